The molecule has 0 radical (unpaired) electrons. The maximum Gasteiger partial charge on any atom is 0.146 e. The zero-order valence-corrected chi connectivity index (χ0v) is 18.2. The first-order valence-electron chi connectivity index (χ1n) is 10.2. The summed E-state index contributed by atoms with van der Waals surface area (Å²) in [6.45, 7) is 16.0. The summed E-state index contributed by atoms with van der Waals surface area (Å²) in [6.07, 6.45) is 5.92. The third-order valence-electron chi connectivity index (χ3n) is 5.30. The van der Waals surface area contributed by atoms with E-state index in [4.69, 9.17) is 0 Å². The fourth-order valence-corrected chi connectivity index (χ4v) is 4.53. The number of hydrogen-bond acceptors (Lipinski definition) is 4. The molecule has 0 aliphatic rings. The van der Waals surface area contributed by atoms with Gasteiger partial charge in [0.1, 0.15) is 5.79 Å². The SMILES string of the molecule is CCCN(C)C(CC)C(N(C)CCC)(N(C)CCC)N(C)CCC. The van der Waals surface area contributed by atoms with Crippen LogP contribution < -0.4 is 0 Å². The smallest absolute Gasteiger partial charge is 0.146 e. The minimum Gasteiger partial charge on any atom is -0.299 e. The lowest BCUT2D eigenvalue weighted by Gasteiger charge is -2.59. The molecule has 4 nitrogen and oxygen atoms in total. The van der Waals surface area contributed by atoms with Crippen molar-refractivity contribution in [1.82, 2.24) is 19.6 Å². The molecule has 1 atom stereocenters. The van der Waals surface area contributed by atoms with Gasteiger partial charge in [-0.1, -0.05) is 34.6 Å². The van der Waals surface area contributed by atoms with Crippen LogP contribution in [0.5, 0.6) is 0 Å². The van der Waals surface area contributed by atoms with E-state index < -0.39 is 0 Å². The largest absolute Gasteiger partial charge is 0.299 e. The zero-order valence-electron chi connectivity index (χ0n) is 18.2. The second-order valence-electron chi connectivity index (χ2n) is 7.36. The van der Waals surface area contributed by atoms with Gasteiger partial charge in [0.2, 0.25) is 0 Å². The van der Waals surface area contributed by atoms with Gasteiger partial charge < -0.3 is 0 Å². The lowest BCUT2D eigenvalue weighted by molar-refractivity contribution is -0.185. The lowest BCUT2D eigenvalue weighted by Crippen LogP contribution is -2.75. The molecule has 0 spiro atoms. The number of likely N-dealkylation sites (N-methyl/N-ethyl adjacent to an activating group) is 4. The van der Waals surface area contributed by atoms with Crippen molar-refractivity contribution in [3.05, 3.63) is 0 Å². The van der Waals surface area contributed by atoms with Crippen LogP contribution in [-0.2, 0) is 0 Å². The highest BCUT2D eigenvalue weighted by Crippen LogP contribution is 2.32. The first kappa shape index (κ1) is 23.8. The maximum atomic E-state index is 2.61. The average Bonchev–Trinajstić information content (AvgIpc) is 2.52. The first-order chi connectivity index (χ1) is 11.4. The second-order valence-corrected chi connectivity index (χ2v) is 7.36. The van der Waals surface area contributed by atoms with Crippen LogP contribution in [0.2, 0.25) is 0 Å². The highest BCUT2D eigenvalue weighted by molar-refractivity contribution is 4.97. The third-order valence-corrected chi connectivity index (χ3v) is 5.30. The molecule has 1 unspecified atom stereocenters. The van der Waals surface area contributed by atoms with Gasteiger partial charge in [-0.2, -0.15) is 0 Å². The minimum absolute atomic E-state index is 0.0549. The molecule has 0 aromatic rings. The molecule has 0 aromatic heterocycles. The van der Waals surface area contributed by atoms with Crippen LogP contribution in [0, 0.1) is 0 Å². The predicted molar refractivity (Wildman–Crippen MR) is 108 cm³/mol. The molecule has 0 amide bonds. The highest BCUT2D eigenvalue weighted by atomic mass is 15.6. The Labute approximate surface area is 153 Å². The number of rotatable bonds is 14. The van der Waals surface area contributed by atoms with E-state index in [9.17, 15) is 0 Å². The quantitative estimate of drug-likeness (QED) is 0.445. The standard InChI is InChI=1S/C20H46N4/c1-10-15-21(6)19(14-5)20(22(7)16-11-2,23(8)17-12-3)24(9)18-13-4/h19H,10-18H2,1-9H3. The van der Waals surface area contributed by atoms with Crippen LogP contribution >= 0.6 is 0 Å². The van der Waals surface area contributed by atoms with Crippen molar-refractivity contribution < 1.29 is 0 Å². The normalized spacial score (nSPS) is 14.4. The van der Waals surface area contributed by atoms with E-state index in [2.05, 4.69) is 82.4 Å². The van der Waals surface area contributed by atoms with E-state index in [1.165, 1.54) is 25.7 Å². The van der Waals surface area contributed by atoms with Crippen LogP contribution in [0.15, 0.2) is 0 Å². The van der Waals surface area contributed by atoms with Gasteiger partial charge in [-0.05, 0) is 66.8 Å². The summed E-state index contributed by atoms with van der Waals surface area (Å²) in [5.41, 5.74) is 0. The molecule has 0 aromatic carbocycles. The summed E-state index contributed by atoms with van der Waals surface area (Å²) in [7, 11) is 9.28. The fraction of sp³-hybridized carbons (Fsp3) is 1.00. The number of hydrogen-bond donors (Lipinski definition) is 0. The van der Waals surface area contributed by atoms with E-state index in [1.54, 1.807) is 0 Å². The Kier molecular flexibility index (Phi) is 12.2. The van der Waals surface area contributed by atoms with Gasteiger partial charge in [0.25, 0.3) is 0 Å². The van der Waals surface area contributed by atoms with Crippen molar-refractivity contribution in [2.75, 3.05) is 54.4 Å². The summed E-state index contributed by atoms with van der Waals surface area (Å²) < 4.78 is 0. The molecule has 146 valence electrons. The molecule has 0 heterocycles. The summed E-state index contributed by atoms with van der Waals surface area (Å²) >= 11 is 0. The van der Waals surface area contributed by atoms with Crippen molar-refractivity contribution in [1.29, 1.82) is 0 Å². The van der Waals surface area contributed by atoms with Crippen LogP contribution in [0.1, 0.15) is 66.7 Å². The van der Waals surface area contributed by atoms with Crippen molar-refractivity contribution in [3.63, 3.8) is 0 Å². The predicted octanol–water partition coefficient (Wildman–Crippen LogP) is 3.79. The van der Waals surface area contributed by atoms with E-state index in [0.29, 0.717) is 6.04 Å². The van der Waals surface area contributed by atoms with Gasteiger partial charge in [-0.3, -0.25) is 19.6 Å². The number of nitrogens with zero attached hydrogens (tertiary/aromatic N) is 4. The maximum absolute atomic E-state index is 2.61. The van der Waals surface area contributed by atoms with Gasteiger partial charge in [0.05, 0.1) is 6.04 Å². The van der Waals surface area contributed by atoms with Crippen molar-refractivity contribution >= 4 is 0 Å². The topological polar surface area (TPSA) is 13.0 Å². The van der Waals surface area contributed by atoms with Crippen molar-refractivity contribution in [2.45, 2.75) is 78.6 Å². The zero-order chi connectivity index (χ0) is 18.8. The fourth-order valence-electron chi connectivity index (χ4n) is 4.53. The molecule has 0 saturated carbocycles. The lowest BCUT2D eigenvalue weighted by atomic mass is 9.98. The second kappa shape index (κ2) is 12.2. The Bertz CT molecular complexity index is 277. The average molecular weight is 343 g/mol. The Morgan fingerprint density at radius 1 is 0.583 bits per heavy atom. The summed E-state index contributed by atoms with van der Waals surface area (Å²) in [4.78, 5) is 10.4. The first-order valence-corrected chi connectivity index (χ1v) is 10.2. The highest BCUT2D eigenvalue weighted by Gasteiger charge is 2.49. The van der Waals surface area contributed by atoms with Crippen LogP contribution in [-0.4, -0.2) is 85.8 Å². The van der Waals surface area contributed by atoms with Gasteiger partial charge >= 0.3 is 0 Å². The molecule has 0 aliphatic carbocycles. The van der Waals surface area contributed by atoms with E-state index >= 15 is 0 Å². The molecule has 4 heteroatoms. The van der Waals surface area contributed by atoms with Gasteiger partial charge in [-0.25, -0.2) is 0 Å². The molecule has 0 saturated heterocycles. The molecule has 0 bridgehead atoms. The van der Waals surface area contributed by atoms with Gasteiger partial charge in [0.15, 0.2) is 0 Å². The van der Waals surface area contributed by atoms with Crippen molar-refractivity contribution in [2.24, 2.45) is 0 Å². The van der Waals surface area contributed by atoms with E-state index in [-0.39, 0.29) is 5.79 Å². The molecular formula is C20H46N4. The Morgan fingerprint density at radius 3 is 1.17 bits per heavy atom. The van der Waals surface area contributed by atoms with Crippen molar-refractivity contribution in [3.8, 4) is 0 Å². The summed E-state index contributed by atoms with van der Waals surface area (Å²) in [5.74, 6) is -0.0549. The molecule has 24 heavy (non-hydrogen) atoms. The summed E-state index contributed by atoms with van der Waals surface area (Å²) in [6, 6.07) is 0.488. The molecular weight excluding hydrogens is 296 g/mol. The van der Waals surface area contributed by atoms with E-state index in [1.807, 2.05) is 0 Å². The molecule has 0 fully saturated rings. The van der Waals surface area contributed by atoms with Crippen LogP contribution in [0.4, 0.5) is 0 Å². The Balaban J connectivity index is 6.09. The van der Waals surface area contributed by atoms with Crippen LogP contribution in [0.3, 0.4) is 0 Å². The Hall–Kier alpha value is -0.160. The molecule has 0 aliphatic heterocycles. The monoisotopic (exact) mass is 342 g/mol. The van der Waals surface area contributed by atoms with Gasteiger partial charge in [-0.15, -0.1) is 0 Å². The Morgan fingerprint density at radius 2 is 0.917 bits per heavy atom. The molecule has 0 rings (SSSR count). The van der Waals surface area contributed by atoms with Gasteiger partial charge in [0, 0.05) is 19.6 Å². The van der Waals surface area contributed by atoms with E-state index in [0.717, 1.165) is 32.6 Å². The minimum atomic E-state index is -0.0549. The molecule has 0 N–H and O–H groups in total. The van der Waals surface area contributed by atoms with Crippen LogP contribution in [0.25, 0.3) is 0 Å². The summed E-state index contributed by atoms with van der Waals surface area (Å²) in [5, 5.41) is 0. The third kappa shape index (κ3) is 5.42.